The summed E-state index contributed by atoms with van der Waals surface area (Å²) in [5.41, 5.74) is 2.21. The smallest absolute Gasteiger partial charge is 0.212 e. The van der Waals surface area contributed by atoms with Gasteiger partial charge in [0.15, 0.2) is 0 Å². The Hall–Kier alpha value is -1.51. The highest BCUT2D eigenvalue weighted by molar-refractivity contribution is 5.92. The molecular weight excluding hydrogens is 166 g/mol. The van der Waals surface area contributed by atoms with Crippen molar-refractivity contribution in [3.05, 3.63) is 28.8 Å². The van der Waals surface area contributed by atoms with E-state index in [-0.39, 0.29) is 11.6 Å². The number of aryl methyl sites for hydroxylation is 2. The van der Waals surface area contributed by atoms with Crippen molar-refractivity contribution in [2.75, 3.05) is 7.11 Å². The highest BCUT2D eigenvalue weighted by Crippen LogP contribution is 2.22. The minimum atomic E-state index is 0.117. The van der Waals surface area contributed by atoms with Crippen LogP contribution in [0.5, 0.6) is 5.75 Å². The van der Waals surface area contributed by atoms with E-state index in [4.69, 9.17) is 10.1 Å². The summed E-state index contributed by atoms with van der Waals surface area (Å²) in [6.45, 7) is 3.60. The van der Waals surface area contributed by atoms with Gasteiger partial charge in [-0.3, -0.25) is 5.41 Å². The number of hydrogen-bond acceptors (Lipinski definition) is 3. The average Bonchev–Trinajstić information content (AvgIpc) is 2.12. The van der Waals surface area contributed by atoms with Crippen LogP contribution in [0.1, 0.15) is 16.7 Å². The summed E-state index contributed by atoms with van der Waals surface area (Å²) < 4.78 is 4.79. The van der Waals surface area contributed by atoms with Gasteiger partial charge in [0, 0.05) is 5.56 Å². The molecule has 0 amide bonds. The van der Waals surface area contributed by atoms with Crippen molar-refractivity contribution in [3.63, 3.8) is 0 Å². The first-order valence-electron chi connectivity index (χ1n) is 3.99. The van der Waals surface area contributed by atoms with Crippen molar-refractivity contribution in [3.8, 4) is 5.75 Å². The third-order valence-corrected chi connectivity index (χ3v) is 1.96. The number of rotatable bonds is 1. The molecule has 0 spiro atoms. The fourth-order valence-electron chi connectivity index (χ4n) is 1.20. The second-order valence-corrected chi connectivity index (χ2v) is 2.99. The molecule has 0 atom stereocenters. The largest absolute Gasteiger partial charge is 0.507 e. The maximum Gasteiger partial charge on any atom is 0.212 e. The molecule has 0 radical (unpaired) electrons. The topological polar surface area (TPSA) is 53.3 Å². The van der Waals surface area contributed by atoms with Gasteiger partial charge < -0.3 is 9.84 Å². The minimum Gasteiger partial charge on any atom is -0.507 e. The summed E-state index contributed by atoms with van der Waals surface area (Å²) in [5, 5.41) is 16.9. The van der Waals surface area contributed by atoms with Crippen molar-refractivity contribution in [2.45, 2.75) is 13.8 Å². The van der Waals surface area contributed by atoms with Gasteiger partial charge in [0.05, 0.1) is 7.11 Å². The monoisotopic (exact) mass is 179 g/mol. The van der Waals surface area contributed by atoms with Crippen molar-refractivity contribution < 1.29 is 9.84 Å². The van der Waals surface area contributed by atoms with E-state index in [0.717, 1.165) is 11.1 Å². The Labute approximate surface area is 77.5 Å². The average molecular weight is 179 g/mol. The zero-order chi connectivity index (χ0) is 10.0. The normalized spacial score (nSPS) is 9.77. The number of hydrogen-bond donors (Lipinski definition) is 2. The number of phenols is 1. The van der Waals surface area contributed by atoms with E-state index in [1.807, 2.05) is 0 Å². The van der Waals surface area contributed by atoms with Gasteiger partial charge in [0.1, 0.15) is 5.75 Å². The Balaban J connectivity index is 3.20. The van der Waals surface area contributed by atoms with Gasteiger partial charge in [-0.1, -0.05) is 0 Å². The van der Waals surface area contributed by atoms with Crippen LogP contribution in [0.4, 0.5) is 0 Å². The van der Waals surface area contributed by atoms with E-state index in [0.29, 0.717) is 5.56 Å². The maximum atomic E-state index is 9.47. The van der Waals surface area contributed by atoms with Crippen molar-refractivity contribution in [2.24, 2.45) is 0 Å². The van der Waals surface area contributed by atoms with Crippen LogP contribution in [0, 0.1) is 19.3 Å². The van der Waals surface area contributed by atoms with Crippen LogP contribution >= 0.6 is 0 Å². The zero-order valence-corrected chi connectivity index (χ0v) is 8.01. The molecule has 0 heterocycles. The van der Waals surface area contributed by atoms with Crippen LogP contribution in [0.3, 0.4) is 0 Å². The van der Waals surface area contributed by atoms with Crippen molar-refractivity contribution in [1.82, 2.24) is 0 Å². The van der Waals surface area contributed by atoms with E-state index in [1.54, 1.807) is 26.0 Å². The Morgan fingerprint density at radius 1 is 1.31 bits per heavy atom. The Morgan fingerprint density at radius 3 is 2.15 bits per heavy atom. The second kappa shape index (κ2) is 3.47. The molecule has 0 fully saturated rings. The van der Waals surface area contributed by atoms with E-state index in [2.05, 4.69) is 0 Å². The van der Waals surface area contributed by atoms with Gasteiger partial charge in [-0.15, -0.1) is 0 Å². The molecule has 0 aromatic heterocycles. The molecule has 2 N–H and O–H groups in total. The minimum absolute atomic E-state index is 0.117. The highest BCUT2D eigenvalue weighted by atomic mass is 16.5. The Bertz CT molecular complexity index is 322. The fourth-order valence-corrected chi connectivity index (χ4v) is 1.20. The first kappa shape index (κ1) is 9.58. The van der Waals surface area contributed by atoms with Crippen LogP contribution in [0.25, 0.3) is 0 Å². The highest BCUT2D eigenvalue weighted by Gasteiger charge is 2.06. The lowest BCUT2D eigenvalue weighted by molar-refractivity contribution is 0.401. The summed E-state index contributed by atoms with van der Waals surface area (Å²) in [7, 11) is 1.46. The van der Waals surface area contributed by atoms with Gasteiger partial charge >= 0.3 is 0 Å². The summed E-state index contributed by atoms with van der Waals surface area (Å²) >= 11 is 0. The molecule has 1 aromatic rings. The SMILES string of the molecule is COC(=N)c1cc(C)c(O)c(C)c1. The fraction of sp³-hybridized carbons (Fsp3) is 0.300. The molecule has 0 bridgehead atoms. The van der Waals surface area contributed by atoms with Gasteiger partial charge in [0.2, 0.25) is 5.90 Å². The van der Waals surface area contributed by atoms with Crippen LogP contribution < -0.4 is 0 Å². The van der Waals surface area contributed by atoms with E-state index < -0.39 is 0 Å². The van der Waals surface area contributed by atoms with E-state index >= 15 is 0 Å². The van der Waals surface area contributed by atoms with Gasteiger partial charge in [-0.25, -0.2) is 0 Å². The summed E-state index contributed by atoms with van der Waals surface area (Å²) in [4.78, 5) is 0. The van der Waals surface area contributed by atoms with Crippen LogP contribution in [0.2, 0.25) is 0 Å². The number of aromatic hydroxyl groups is 1. The second-order valence-electron chi connectivity index (χ2n) is 2.99. The lowest BCUT2D eigenvalue weighted by Gasteiger charge is -2.07. The third kappa shape index (κ3) is 1.80. The number of nitrogens with one attached hydrogen (secondary N) is 1. The molecular formula is C10H13NO2. The Kier molecular flexibility index (Phi) is 2.56. The number of ether oxygens (including phenoxy) is 1. The lowest BCUT2D eigenvalue weighted by Crippen LogP contribution is -2.02. The Morgan fingerprint density at radius 2 is 1.77 bits per heavy atom. The van der Waals surface area contributed by atoms with Crippen molar-refractivity contribution >= 4 is 5.90 Å². The molecule has 0 unspecified atom stereocenters. The van der Waals surface area contributed by atoms with E-state index in [1.165, 1.54) is 7.11 Å². The summed E-state index contributed by atoms with van der Waals surface area (Å²) in [6.07, 6.45) is 0. The molecule has 3 heteroatoms. The molecule has 1 aromatic carbocycles. The quantitative estimate of drug-likeness (QED) is 0.511. The van der Waals surface area contributed by atoms with Crippen molar-refractivity contribution in [1.29, 1.82) is 5.41 Å². The van der Waals surface area contributed by atoms with Crippen LogP contribution in [-0.2, 0) is 4.74 Å². The molecule has 0 saturated heterocycles. The lowest BCUT2D eigenvalue weighted by atomic mass is 10.1. The zero-order valence-electron chi connectivity index (χ0n) is 8.01. The molecule has 0 aliphatic heterocycles. The number of benzene rings is 1. The molecule has 1 rings (SSSR count). The van der Waals surface area contributed by atoms with Crippen LogP contribution in [-0.4, -0.2) is 18.1 Å². The summed E-state index contributed by atoms with van der Waals surface area (Å²) in [6, 6.07) is 3.46. The first-order valence-corrected chi connectivity index (χ1v) is 3.99. The van der Waals surface area contributed by atoms with E-state index in [9.17, 15) is 5.11 Å². The molecule has 0 aliphatic rings. The third-order valence-electron chi connectivity index (χ3n) is 1.96. The molecule has 70 valence electrons. The summed E-state index contributed by atoms with van der Waals surface area (Å²) in [5.74, 6) is 0.402. The van der Waals surface area contributed by atoms with Crippen LogP contribution in [0.15, 0.2) is 12.1 Å². The van der Waals surface area contributed by atoms with Gasteiger partial charge in [-0.05, 0) is 37.1 Å². The maximum absolute atomic E-state index is 9.47. The number of methoxy groups -OCH3 is 1. The molecule has 13 heavy (non-hydrogen) atoms. The number of phenolic OH excluding ortho intramolecular Hbond substituents is 1. The molecule has 0 aliphatic carbocycles. The predicted octanol–water partition coefficient (Wildman–Crippen LogP) is 1.98. The molecule has 0 saturated carbocycles. The standard InChI is InChI=1S/C10H13NO2/c1-6-4-8(10(11)13-3)5-7(2)9(6)12/h4-5,11-12H,1-3H3. The first-order chi connectivity index (χ1) is 6.06. The molecule has 3 nitrogen and oxygen atoms in total. The van der Waals surface area contributed by atoms with Gasteiger partial charge in [0.25, 0.3) is 0 Å². The van der Waals surface area contributed by atoms with Gasteiger partial charge in [-0.2, -0.15) is 0 Å². The predicted molar refractivity (Wildman–Crippen MR) is 51.4 cm³/mol.